The van der Waals surface area contributed by atoms with Crippen LogP contribution >= 0.6 is 0 Å². The van der Waals surface area contributed by atoms with E-state index in [1.54, 1.807) is 27.3 Å². The van der Waals surface area contributed by atoms with Crippen molar-refractivity contribution >= 4 is 23.2 Å². The second-order valence-corrected chi connectivity index (χ2v) is 12.4. The normalized spacial score (nSPS) is 25.2. The van der Waals surface area contributed by atoms with E-state index in [2.05, 4.69) is 13.8 Å². The summed E-state index contributed by atoms with van der Waals surface area (Å²) in [6.45, 7) is 4.32. The van der Waals surface area contributed by atoms with E-state index in [1.807, 2.05) is 18.2 Å². The number of nitrogens with zero attached hydrogens (tertiary/aromatic N) is 1. The van der Waals surface area contributed by atoms with Crippen LogP contribution in [0.1, 0.15) is 43.4 Å². The third kappa shape index (κ3) is 4.60. The molecule has 0 heterocycles. The first-order valence-corrected chi connectivity index (χ1v) is 14.4. The molecule has 0 saturated heterocycles. The fraction of sp³-hybridized carbons (Fsp3) is 0.424. The molecule has 10 heteroatoms. The summed E-state index contributed by atoms with van der Waals surface area (Å²) in [4.78, 5) is 41.1. The molecule has 1 saturated carbocycles. The van der Waals surface area contributed by atoms with Crippen molar-refractivity contribution in [3.8, 4) is 22.6 Å². The molecule has 0 spiro atoms. The number of benzene rings is 2. The highest BCUT2D eigenvalue weighted by Crippen LogP contribution is 2.54. The summed E-state index contributed by atoms with van der Waals surface area (Å²) >= 11 is 0. The van der Waals surface area contributed by atoms with Crippen LogP contribution in [0.2, 0.25) is 0 Å². The average molecular weight is 591 g/mol. The lowest BCUT2D eigenvalue weighted by Crippen LogP contribution is -2.65. The monoisotopic (exact) mass is 590 g/mol. The van der Waals surface area contributed by atoms with Crippen LogP contribution in [0, 0.1) is 17.8 Å². The van der Waals surface area contributed by atoms with Crippen LogP contribution in [0.3, 0.4) is 0 Å². The number of hydrogen-bond donors (Lipinski definition) is 5. The molecule has 10 nitrogen and oxygen atoms in total. The Morgan fingerprint density at radius 1 is 1.12 bits per heavy atom. The second-order valence-electron chi connectivity index (χ2n) is 12.4. The molecule has 43 heavy (non-hydrogen) atoms. The average Bonchev–Trinajstić information content (AvgIpc) is 2.93. The van der Waals surface area contributed by atoms with Gasteiger partial charge >= 0.3 is 0 Å². The highest BCUT2D eigenvalue weighted by Gasteiger charge is 2.64. The van der Waals surface area contributed by atoms with Crippen LogP contribution in [0.5, 0.6) is 11.5 Å². The molecular formula is C33H38N2O8. The van der Waals surface area contributed by atoms with Gasteiger partial charge in [-0.3, -0.25) is 19.3 Å². The summed E-state index contributed by atoms with van der Waals surface area (Å²) in [7, 11) is 4.71. The summed E-state index contributed by atoms with van der Waals surface area (Å²) in [6, 6.07) is 7.97. The first-order valence-electron chi connectivity index (χ1n) is 14.4. The summed E-state index contributed by atoms with van der Waals surface area (Å²) < 4.78 is 5.69. The number of fused-ring (bicyclic) bond motifs is 3. The van der Waals surface area contributed by atoms with Gasteiger partial charge in [-0.25, -0.2) is 0 Å². The van der Waals surface area contributed by atoms with Crippen molar-refractivity contribution < 1.29 is 39.5 Å². The number of carbonyl (C=O) groups excluding carboxylic acids is 3. The molecule has 5 rings (SSSR count). The largest absolute Gasteiger partial charge is 0.508 e. The number of aryl methyl sites for hydroxylation is 1. The molecule has 0 unspecified atom stereocenters. The quantitative estimate of drug-likeness (QED) is 0.304. The Kier molecular flexibility index (Phi) is 7.64. The lowest BCUT2D eigenvalue weighted by Gasteiger charge is -2.50. The van der Waals surface area contributed by atoms with Gasteiger partial charge in [0.1, 0.15) is 28.6 Å². The number of aliphatic hydroxyl groups is 3. The number of aromatic hydroxyl groups is 1. The predicted molar refractivity (Wildman–Crippen MR) is 159 cm³/mol. The number of phenols is 1. The van der Waals surface area contributed by atoms with Crippen LogP contribution in [0.15, 0.2) is 47.2 Å². The third-order valence-corrected chi connectivity index (χ3v) is 9.17. The van der Waals surface area contributed by atoms with E-state index >= 15 is 0 Å². The number of Topliss-reactive ketones (excluding diaryl/α,β-unsaturated/α-hetero) is 2. The summed E-state index contributed by atoms with van der Waals surface area (Å²) in [6.07, 6.45) is 2.06. The number of phenolic OH excluding ortho intramolecular Hbond substituents is 1. The minimum Gasteiger partial charge on any atom is -0.508 e. The maximum Gasteiger partial charge on any atom is 0.255 e. The molecule has 3 aliphatic rings. The molecule has 3 aliphatic carbocycles. The Hall–Kier alpha value is -4.15. The number of hydrogen-bond acceptors (Lipinski definition) is 9. The number of rotatable bonds is 7. The Morgan fingerprint density at radius 3 is 2.42 bits per heavy atom. The van der Waals surface area contributed by atoms with Crippen LogP contribution in [-0.2, 0) is 27.2 Å². The zero-order valence-electron chi connectivity index (χ0n) is 25.0. The molecule has 0 bridgehead atoms. The molecule has 2 aromatic carbocycles. The maximum absolute atomic E-state index is 14.1. The van der Waals surface area contributed by atoms with E-state index < -0.39 is 58.0 Å². The maximum atomic E-state index is 14.1. The number of likely N-dealkylation sites (N-methyl/N-ethyl adjacent to an activating group) is 1. The third-order valence-electron chi connectivity index (χ3n) is 9.17. The number of carbonyl (C=O) groups is 3. The van der Waals surface area contributed by atoms with Gasteiger partial charge in [0.2, 0.25) is 5.78 Å². The molecule has 1 fully saturated rings. The molecule has 0 aliphatic heterocycles. The van der Waals surface area contributed by atoms with E-state index in [0.29, 0.717) is 22.8 Å². The number of nitrogens with two attached hydrogens (primary N) is 1. The van der Waals surface area contributed by atoms with E-state index in [-0.39, 0.29) is 29.7 Å². The smallest absolute Gasteiger partial charge is 0.255 e. The van der Waals surface area contributed by atoms with Crippen LogP contribution in [-0.4, -0.2) is 75.6 Å². The van der Waals surface area contributed by atoms with Gasteiger partial charge in [-0.05, 0) is 86.5 Å². The van der Waals surface area contributed by atoms with E-state index in [9.17, 15) is 34.8 Å². The number of methoxy groups -OCH3 is 1. The fourth-order valence-electron chi connectivity index (χ4n) is 7.07. The standard InChI is InChI=1S/C33H38N2O8/c1-15(2)6-7-16-8-11-23(43-5)19(12-16)18-9-10-22(36)25-20(18)13-17-14-21-27(35(3)4)29(38)26(32(34)41)31(40)33(21,42)30(39)24(17)28(25)37/h8-12,15,17,21,27,36-37,40,42H,6-7,13-14H2,1-5H3,(H2,34,41)/t17-,21-,27-,33-/m1/s1. The van der Waals surface area contributed by atoms with Crippen molar-refractivity contribution in [3.63, 3.8) is 0 Å². The van der Waals surface area contributed by atoms with Gasteiger partial charge in [0.05, 0.1) is 18.7 Å². The molecule has 1 amide bonds. The number of ether oxygens (including phenoxy) is 1. The van der Waals surface area contributed by atoms with Crippen molar-refractivity contribution in [1.29, 1.82) is 0 Å². The number of ketones is 2. The second kappa shape index (κ2) is 10.8. The van der Waals surface area contributed by atoms with Gasteiger partial charge in [0, 0.05) is 17.1 Å². The van der Waals surface area contributed by atoms with Crippen molar-refractivity contribution in [3.05, 3.63) is 63.9 Å². The summed E-state index contributed by atoms with van der Waals surface area (Å²) in [5.74, 6) is -5.67. The SMILES string of the molecule is COc1ccc(CCC(C)C)cc1-c1ccc(O)c2c1C[C@@H]1C[C@@H]3[C@@H](N(C)C)C(=O)C(C(N)=O)=C(O)[C@]3(O)C(=O)C1=C2O. The summed E-state index contributed by atoms with van der Waals surface area (Å²) in [5, 5.41) is 45.4. The van der Waals surface area contributed by atoms with Gasteiger partial charge in [-0.2, -0.15) is 0 Å². The lowest BCUT2D eigenvalue weighted by atomic mass is 9.57. The van der Waals surface area contributed by atoms with Gasteiger partial charge in [-0.15, -0.1) is 0 Å². The first-order chi connectivity index (χ1) is 20.2. The minimum atomic E-state index is -2.67. The highest BCUT2D eigenvalue weighted by atomic mass is 16.5. The van der Waals surface area contributed by atoms with Crippen molar-refractivity contribution in [1.82, 2.24) is 4.90 Å². The molecule has 0 aromatic heterocycles. The van der Waals surface area contributed by atoms with Gasteiger partial charge in [0.15, 0.2) is 11.4 Å². The summed E-state index contributed by atoms with van der Waals surface area (Å²) in [5.41, 5.74) is 4.90. The number of amides is 1. The van der Waals surface area contributed by atoms with Gasteiger partial charge < -0.3 is 30.9 Å². The lowest BCUT2D eigenvalue weighted by molar-refractivity contribution is -0.153. The molecule has 2 aromatic rings. The Balaban J connectivity index is 1.70. The van der Waals surface area contributed by atoms with E-state index in [1.165, 1.54) is 11.0 Å². The van der Waals surface area contributed by atoms with E-state index in [4.69, 9.17) is 10.5 Å². The van der Waals surface area contributed by atoms with Crippen LogP contribution in [0.4, 0.5) is 0 Å². The van der Waals surface area contributed by atoms with E-state index in [0.717, 1.165) is 24.0 Å². The Labute approximate surface area is 250 Å². The first kappa shape index (κ1) is 30.3. The molecule has 0 radical (unpaired) electrons. The topological polar surface area (TPSA) is 171 Å². The molecule has 6 N–H and O–H groups in total. The van der Waals surface area contributed by atoms with Gasteiger partial charge in [-0.1, -0.05) is 26.0 Å². The van der Waals surface area contributed by atoms with Crippen molar-refractivity contribution in [2.45, 2.75) is 51.2 Å². The zero-order chi connectivity index (χ0) is 31.5. The Morgan fingerprint density at radius 2 is 1.81 bits per heavy atom. The molecule has 4 atom stereocenters. The molecule has 228 valence electrons. The highest BCUT2D eigenvalue weighted by molar-refractivity contribution is 6.24. The van der Waals surface area contributed by atoms with Crippen molar-refractivity contribution in [2.75, 3.05) is 21.2 Å². The van der Waals surface area contributed by atoms with Crippen LogP contribution < -0.4 is 10.5 Å². The fourth-order valence-corrected chi connectivity index (χ4v) is 7.07. The zero-order valence-corrected chi connectivity index (χ0v) is 25.0. The predicted octanol–water partition coefficient (Wildman–Crippen LogP) is 3.23. The van der Waals surface area contributed by atoms with Crippen molar-refractivity contribution in [2.24, 2.45) is 23.5 Å². The van der Waals surface area contributed by atoms with Gasteiger partial charge in [0.25, 0.3) is 5.91 Å². The Bertz CT molecular complexity index is 1600. The number of primary amides is 1. The number of aliphatic hydroxyl groups excluding tert-OH is 2. The molecular weight excluding hydrogens is 552 g/mol. The minimum absolute atomic E-state index is 0.0203. The van der Waals surface area contributed by atoms with Crippen LogP contribution in [0.25, 0.3) is 16.9 Å².